The molecule has 0 aliphatic carbocycles. The first-order chi connectivity index (χ1) is 13.3. The maximum absolute atomic E-state index is 13.0. The topological polar surface area (TPSA) is 135 Å². The molecule has 1 aromatic carbocycles. The molecule has 3 rings (SSSR count). The summed E-state index contributed by atoms with van der Waals surface area (Å²) in [6.07, 6.45) is 6.52. The second-order valence-corrected chi connectivity index (χ2v) is 8.00. The first-order valence-electron chi connectivity index (χ1n) is 8.30. The largest absolute Gasteiger partial charge is 0.478 e. The van der Waals surface area contributed by atoms with Gasteiger partial charge < -0.3 is 20.4 Å². The number of aromatic amines is 2. The maximum Gasteiger partial charge on any atom is 0.337 e. The molecule has 0 spiro atoms. The normalized spacial score (nSPS) is 11.9. The first kappa shape index (κ1) is 19.6. The van der Waals surface area contributed by atoms with Crippen LogP contribution >= 0.6 is 0 Å². The van der Waals surface area contributed by atoms with Crippen LogP contribution in [0.3, 0.4) is 0 Å². The summed E-state index contributed by atoms with van der Waals surface area (Å²) in [6.45, 7) is 0.479. The van der Waals surface area contributed by atoms with Crippen molar-refractivity contribution in [3.63, 3.8) is 0 Å². The highest BCUT2D eigenvalue weighted by atomic mass is 32.2. The van der Waals surface area contributed by atoms with Crippen molar-refractivity contribution in [1.82, 2.24) is 19.6 Å². The fourth-order valence-corrected chi connectivity index (χ4v) is 4.39. The maximum atomic E-state index is 13.0. The number of carboxylic acid groups (broad SMARTS) is 1. The zero-order chi connectivity index (χ0) is 20.5. The Balaban J connectivity index is 2.26. The zero-order valence-electron chi connectivity index (χ0n) is 14.9. The van der Waals surface area contributed by atoms with Crippen LogP contribution in [0.5, 0.6) is 0 Å². The highest BCUT2D eigenvalue weighted by Gasteiger charge is 2.25. The molecular weight excluding hydrogens is 384 g/mol. The highest BCUT2D eigenvalue weighted by molar-refractivity contribution is 7.89. The number of hydrogen-bond donors (Lipinski definition) is 4. The van der Waals surface area contributed by atoms with Crippen LogP contribution in [0.1, 0.15) is 10.4 Å². The molecular formula is C18H18N4O5S. The minimum atomic E-state index is -3.92. The van der Waals surface area contributed by atoms with Crippen molar-refractivity contribution in [2.45, 2.75) is 4.90 Å². The predicted molar refractivity (Wildman–Crippen MR) is 105 cm³/mol. The van der Waals surface area contributed by atoms with Crippen LogP contribution in [0.2, 0.25) is 0 Å². The minimum Gasteiger partial charge on any atom is -0.478 e. The number of benzene rings is 1. The van der Waals surface area contributed by atoms with E-state index >= 15 is 0 Å². The number of nitrogens with zero attached hydrogens (tertiary/aromatic N) is 1. The Kier molecular flexibility index (Phi) is 5.24. The van der Waals surface area contributed by atoms with E-state index in [4.69, 9.17) is 6.42 Å². The number of fused-ring (bicyclic) bond motifs is 3. The van der Waals surface area contributed by atoms with Crippen LogP contribution in [0.4, 0.5) is 0 Å². The molecule has 0 saturated heterocycles. The Morgan fingerprint density at radius 3 is 2.79 bits per heavy atom. The molecule has 2 aromatic heterocycles. The van der Waals surface area contributed by atoms with Crippen molar-refractivity contribution in [3.8, 4) is 12.3 Å². The Bertz CT molecular complexity index is 1270. The molecule has 146 valence electrons. The molecule has 2 heterocycles. The van der Waals surface area contributed by atoms with Crippen LogP contribution in [-0.4, -0.2) is 60.4 Å². The van der Waals surface area contributed by atoms with Gasteiger partial charge in [-0.05, 0) is 25.2 Å². The van der Waals surface area contributed by atoms with Gasteiger partial charge in [0.25, 0.3) is 5.56 Å². The molecule has 3 aromatic rings. The van der Waals surface area contributed by atoms with Gasteiger partial charge in [0.2, 0.25) is 10.0 Å². The van der Waals surface area contributed by atoms with E-state index in [1.807, 2.05) is 0 Å². The molecule has 28 heavy (non-hydrogen) atoms. The van der Waals surface area contributed by atoms with E-state index in [9.17, 15) is 23.1 Å². The molecule has 0 amide bonds. The van der Waals surface area contributed by atoms with E-state index in [-0.39, 0.29) is 34.5 Å². The van der Waals surface area contributed by atoms with Crippen LogP contribution in [0, 0.1) is 12.3 Å². The van der Waals surface area contributed by atoms with Crippen LogP contribution < -0.4 is 10.9 Å². The van der Waals surface area contributed by atoms with Crippen molar-refractivity contribution in [2.24, 2.45) is 0 Å². The van der Waals surface area contributed by atoms with E-state index in [1.54, 1.807) is 7.05 Å². The molecule has 0 fully saturated rings. The van der Waals surface area contributed by atoms with Gasteiger partial charge in [0.05, 0.1) is 17.0 Å². The first-order valence-corrected chi connectivity index (χ1v) is 9.74. The van der Waals surface area contributed by atoms with Crippen molar-refractivity contribution in [2.75, 3.05) is 26.7 Å². The van der Waals surface area contributed by atoms with Gasteiger partial charge in [0.15, 0.2) is 0 Å². The van der Waals surface area contributed by atoms with E-state index in [0.29, 0.717) is 17.4 Å². The fraction of sp³-hybridized carbons (Fsp3) is 0.222. The predicted octanol–water partition coefficient (Wildman–Crippen LogP) is 0.551. The van der Waals surface area contributed by atoms with E-state index < -0.39 is 21.6 Å². The summed E-state index contributed by atoms with van der Waals surface area (Å²) in [5.74, 6) is 1.11. The summed E-state index contributed by atoms with van der Waals surface area (Å²) in [4.78, 5) is 28.9. The summed E-state index contributed by atoms with van der Waals surface area (Å²) in [5.41, 5.74) is -0.211. The number of aromatic nitrogens is 2. The number of H-pyrrole nitrogens is 2. The second-order valence-electron chi connectivity index (χ2n) is 6.07. The van der Waals surface area contributed by atoms with Gasteiger partial charge in [-0.25, -0.2) is 13.2 Å². The summed E-state index contributed by atoms with van der Waals surface area (Å²) in [7, 11) is -2.22. The number of terminal acetylenes is 1. The lowest BCUT2D eigenvalue weighted by atomic mass is 10.1. The number of sulfonamides is 1. The molecule has 0 bridgehead atoms. The summed E-state index contributed by atoms with van der Waals surface area (Å²) >= 11 is 0. The van der Waals surface area contributed by atoms with Gasteiger partial charge in [-0.3, -0.25) is 4.79 Å². The number of carbonyl (C=O) groups is 1. The number of likely N-dealkylation sites (N-methyl/N-ethyl adjacent to an activating group) is 1. The van der Waals surface area contributed by atoms with Crippen molar-refractivity contribution >= 4 is 37.8 Å². The third-order valence-corrected chi connectivity index (χ3v) is 6.20. The Labute approximate surface area is 160 Å². The standard InChI is InChI=1S/C18H18N4O5S/c1-3-7-22(8-6-19-2)28(26,27)11-4-5-14-12(9-11)15-13(18(24)25)10-20-16(15)17(23)21-14/h1,4-5,9-10,19-20H,6-8H2,2H3,(H,21,23)(H,24,25). The Morgan fingerprint density at radius 1 is 1.39 bits per heavy atom. The van der Waals surface area contributed by atoms with Crippen LogP contribution in [0.15, 0.2) is 34.1 Å². The van der Waals surface area contributed by atoms with Gasteiger partial charge in [0, 0.05) is 35.6 Å². The molecule has 0 radical (unpaired) electrons. The number of hydrogen-bond acceptors (Lipinski definition) is 5. The fourth-order valence-electron chi connectivity index (χ4n) is 3.01. The Hall–Kier alpha value is -3.13. The van der Waals surface area contributed by atoms with Gasteiger partial charge >= 0.3 is 5.97 Å². The molecule has 10 heteroatoms. The highest BCUT2D eigenvalue weighted by Crippen LogP contribution is 2.28. The number of carboxylic acids is 1. The number of pyridine rings is 1. The summed E-state index contributed by atoms with van der Waals surface area (Å²) in [6, 6.07) is 4.15. The van der Waals surface area contributed by atoms with Crippen molar-refractivity contribution in [1.29, 1.82) is 0 Å². The average molecular weight is 402 g/mol. The Morgan fingerprint density at radius 2 is 2.14 bits per heavy atom. The monoisotopic (exact) mass is 402 g/mol. The van der Waals surface area contributed by atoms with Gasteiger partial charge in [-0.2, -0.15) is 4.31 Å². The van der Waals surface area contributed by atoms with Gasteiger partial charge in [-0.1, -0.05) is 5.92 Å². The molecule has 0 saturated carbocycles. The van der Waals surface area contributed by atoms with Crippen molar-refractivity contribution < 1.29 is 18.3 Å². The second kappa shape index (κ2) is 7.47. The van der Waals surface area contributed by atoms with E-state index in [1.165, 1.54) is 24.4 Å². The average Bonchev–Trinajstić information content (AvgIpc) is 3.11. The lowest BCUT2D eigenvalue weighted by Crippen LogP contribution is -2.36. The summed E-state index contributed by atoms with van der Waals surface area (Å²) < 4.78 is 27.2. The van der Waals surface area contributed by atoms with Crippen LogP contribution in [-0.2, 0) is 10.0 Å². The molecule has 9 nitrogen and oxygen atoms in total. The minimum absolute atomic E-state index is 0.0442. The molecule has 0 atom stereocenters. The lowest BCUT2D eigenvalue weighted by molar-refractivity contribution is 0.0699. The number of nitrogens with one attached hydrogen (secondary N) is 3. The lowest BCUT2D eigenvalue weighted by Gasteiger charge is -2.20. The number of rotatable bonds is 7. The third kappa shape index (κ3) is 3.27. The SMILES string of the molecule is C#CCN(CCNC)S(=O)(=O)c1ccc2[nH]c(=O)c3[nH]cc(C(=O)O)c3c2c1. The summed E-state index contributed by atoms with van der Waals surface area (Å²) in [5, 5.41) is 12.8. The van der Waals surface area contributed by atoms with E-state index in [2.05, 4.69) is 21.2 Å². The molecule has 0 aliphatic rings. The number of aromatic carboxylic acids is 1. The third-order valence-electron chi connectivity index (χ3n) is 4.36. The molecule has 4 N–H and O–H groups in total. The van der Waals surface area contributed by atoms with Crippen molar-refractivity contribution in [3.05, 3.63) is 40.3 Å². The zero-order valence-corrected chi connectivity index (χ0v) is 15.8. The quantitative estimate of drug-likeness (QED) is 0.426. The van der Waals surface area contributed by atoms with Gasteiger partial charge in [0.1, 0.15) is 5.52 Å². The molecule has 0 unspecified atom stereocenters. The van der Waals surface area contributed by atoms with Crippen LogP contribution in [0.25, 0.3) is 21.8 Å². The molecule has 0 aliphatic heterocycles. The smallest absolute Gasteiger partial charge is 0.337 e. The van der Waals surface area contributed by atoms with Gasteiger partial charge in [-0.15, -0.1) is 6.42 Å². The van der Waals surface area contributed by atoms with E-state index in [0.717, 1.165) is 4.31 Å².